The molecule has 2 amide bonds. The molecule has 0 spiro atoms. The Bertz CT molecular complexity index is 562. The SMILES string of the molecule is CCCC(=O)N1CCCC(C(=O)NC2(C(=O)O)CC(OCC)C2(C)C)C1. The van der Waals surface area contributed by atoms with Gasteiger partial charge in [0.2, 0.25) is 11.8 Å². The largest absolute Gasteiger partial charge is 0.479 e. The van der Waals surface area contributed by atoms with Gasteiger partial charge in [-0.15, -0.1) is 0 Å². The van der Waals surface area contributed by atoms with Gasteiger partial charge in [0.15, 0.2) is 0 Å². The van der Waals surface area contributed by atoms with E-state index in [4.69, 9.17) is 4.74 Å². The third-order valence-electron chi connectivity index (χ3n) is 6.07. The Hall–Kier alpha value is -1.63. The predicted octanol–water partition coefficient (Wildman–Crippen LogP) is 1.80. The van der Waals surface area contributed by atoms with Gasteiger partial charge < -0.3 is 20.1 Å². The summed E-state index contributed by atoms with van der Waals surface area (Å²) in [5.41, 5.74) is -2.02. The molecule has 148 valence electrons. The number of carbonyl (C=O) groups is 3. The van der Waals surface area contributed by atoms with Crippen LogP contribution in [-0.2, 0) is 19.1 Å². The van der Waals surface area contributed by atoms with Gasteiger partial charge >= 0.3 is 5.97 Å². The molecule has 3 atom stereocenters. The fraction of sp³-hybridized carbons (Fsp3) is 0.842. The van der Waals surface area contributed by atoms with Gasteiger partial charge in [0, 0.05) is 38.0 Å². The number of ether oxygens (including phenoxy) is 1. The van der Waals surface area contributed by atoms with Gasteiger partial charge in [-0.1, -0.05) is 20.8 Å². The fourth-order valence-corrected chi connectivity index (χ4v) is 4.14. The third kappa shape index (κ3) is 3.59. The first kappa shape index (κ1) is 20.7. The van der Waals surface area contributed by atoms with Crippen LogP contribution in [0.1, 0.15) is 59.8 Å². The van der Waals surface area contributed by atoms with Crippen LogP contribution in [-0.4, -0.2) is 59.1 Å². The molecule has 1 saturated heterocycles. The molecule has 2 rings (SSSR count). The molecule has 0 bridgehead atoms. The van der Waals surface area contributed by atoms with E-state index < -0.39 is 16.9 Å². The van der Waals surface area contributed by atoms with Gasteiger partial charge in [-0.3, -0.25) is 9.59 Å². The molecule has 2 fully saturated rings. The topological polar surface area (TPSA) is 95.9 Å². The lowest BCUT2D eigenvalue weighted by molar-refractivity contribution is -0.195. The van der Waals surface area contributed by atoms with Gasteiger partial charge in [-0.25, -0.2) is 4.79 Å². The zero-order valence-electron chi connectivity index (χ0n) is 16.3. The summed E-state index contributed by atoms with van der Waals surface area (Å²) >= 11 is 0. The number of piperidine rings is 1. The molecule has 26 heavy (non-hydrogen) atoms. The lowest BCUT2D eigenvalue weighted by Crippen LogP contribution is -2.76. The normalized spacial score (nSPS) is 30.4. The van der Waals surface area contributed by atoms with E-state index in [1.165, 1.54) is 0 Å². The quantitative estimate of drug-likeness (QED) is 0.714. The highest BCUT2D eigenvalue weighted by molar-refractivity contribution is 5.90. The van der Waals surface area contributed by atoms with Crippen LogP contribution in [0.25, 0.3) is 0 Å². The molecule has 0 aromatic heterocycles. The first-order valence-corrected chi connectivity index (χ1v) is 9.64. The summed E-state index contributed by atoms with van der Waals surface area (Å²) in [6, 6.07) is 0. The van der Waals surface area contributed by atoms with E-state index in [1.807, 2.05) is 27.7 Å². The van der Waals surface area contributed by atoms with Crippen LogP contribution in [0.4, 0.5) is 0 Å². The maximum absolute atomic E-state index is 12.8. The molecule has 1 heterocycles. The Morgan fingerprint density at radius 2 is 1.96 bits per heavy atom. The van der Waals surface area contributed by atoms with E-state index in [1.54, 1.807) is 4.90 Å². The molecule has 1 aliphatic carbocycles. The summed E-state index contributed by atoms with van der Waals surface area (Å²) in [6.07, 6.45) is 2.77. The van der Waals surface area contributed by atoms with E-state index in [-0.39, 0.29) is 30.3 Å². The van der Waals surface area contributed by atoms with Crippen molar-refractivity contribution in [1.29, 1.82) is 0 Å². The van der Waals surface area contributed by atoms with Gasteiger partial charge in [0.1, 0.15) is 5.54 Å². The van der Waals surface area contributed by atoms with Gasteiger partial charge in [0.05, 0.1) is 12.0 Å². The van der Waals surface area contributed by atoms with Crippen molar-refractivity contribution in [2.75, 3.05) is 19.7 Å². The molecule has 0 aromatic carbocycles. The number of nitrogens with zero attached hydrogens (tertiary/aromatic N) is 1. The molecule has 1 saturated carbocycles. The number of amides is 2. The van der Waals surface area contributed by atoms with Crippen LogP contribution in [0.2, 0.25) is 0 Å². The molecular formula is C19H32N2O5. The number of nitrogens with one attached hydrogen (secondary N) is 1. The van der Waals surface area contributed by atoms with Crippen molar-refractivity contribution in [3.8, 4) is 0 Å². The monoisotopic (exact) mass is 368 g/mol. The Balaban J connectivity index is 2.07. The van der Waals surface area contributed by atoms with Crippen molar-refractivity contribution in [3.63, 3.8) is 0 Å². The van der Waals surface area contributed by atoms with Crippen molar-refractivity contribution in [1.82, 2.24) is 10.2 Å². The molecule has 0 radical (unpaired) electrons. The minimum atomic E-state index is -1.32. The van der Waals surface area contributed by atoms with Crippen LogP contribution >= 0.6 is 0 Å². The maximum atomic E-state index is 12.8. The lowest BCUT2D eigenvalue weighted by atomic mass is 9.54. The van der Waals surface area contributed by atoms with E-state index in [0.29, 0.717) is 32.5 Å². The average molecular weight is 368 g/mol. The number of aliphatic carboxylic acids is 1. The lowest BCUT2D eigenvalue weighted by Gasteiger charge is -2.58. The van der Waals surface area contributed by atoms with Crippen molar-refractivity contribution < 1.29 is 24.2 Å². The van der Waals surface area contributed by atoms with E-state index in [2.05, 4.69) is 5.32 Å². The number of carboxylic acid groups (broad SMARTS) is 1. The van der Waals surface area contributed by atoms with Gasteiger partial charge in [-0.2, -0.15) is 0 Å². The Morgan fingerprint density at radius 3 is 2.50 bits per heavy atom. The summed E-state index contributed by atoms with van der Waals surface area (Å²) in [6.45, 7) is 9.02. The van der Waals surface area contributed by atoms with E-state index in [0.717, 1.165) is 12.8 Å². The highest BCUT2D eigenvalue weighted by Crippen LogP contribution is 2.51. The zero-order chi connectivity index (χ0) is 19.5. The molecule has 0 aromatic rings. The van der Waals surface area contributed by atoms with Crippen molar-refractivity contribution in [2.24, 2.45) is 11.3 Å². The van der Waals surface area contributed by atoms with E-state index in [9.17, 15) is 19.5 Å². The van der Waals surface area contributed by atoms with Gasteiger partial charge in [-0.05, 0) is 26.2 Å². The standard InChI is InChI=1S/C19H32N2O5/c1-5-8-15(22)21-10-7-9-13(12-21)16(23)20-19(17(24)25)11-14(26-6-2)18(19,3)4/h13-14H,5-12H2,1-4H3,(H,20,23)(H,24,25). The van der Waals surface area contributed by atoms with Crippen LogP contribution < -0.4 is 5.32 Å². The fourth-order valence-electron chi connectivity index (χ4n) is 4.14. The number of carboxylic acids is 1. The van der Waals surface area contributed by atoms with Crippen LogP contribution in [0.15, 0.2) is 0 Å². The van der Waals surface area contributed by atoms with E-state index >= 15 is 0 Å². The van der Waals surface area contributed by atoms with Crippen molar-refractivity contribution in [2.45, 2.75) is 71.4 Å². The first-order chi connectivity index (χ1) is 12.2. The minimum Gasteiger partial charge on any atom is -0.479 e. The molecule has 2 N–H and O–H groups in total. The molecule has 2 aliphatic rings. The molecule has 1 aliphatic heterocycles. The molecule has 7 nitrogen and oxygen atoms in total. The van der Waals surface area contributed by atoms with Crippen LogP contribution in [0.3, 0.4) is 0 Å². The van der Waals surface area contributed by atoms with Crippen LogP contribution in [0, 0.1) is 11.3 Å². The predicted molar refractivity (Wildman–Crippen MR) is 96.5 cm³/mol. The number of carbonyl (C=O) groups excluding carboxylic acids is 2. The number of likely N-dealkylation sites (tertiary alicyclic amines) is 1. The Labute approximate surface area is 155 Å². The average Bonchev–Trinajstić information content (AvgIpc) is 2.60. The second-order valence-electron chi connectivity index (χ2n) is 8.00. The minimum absolute atomic E-state index is 0.0679. The van der Waals surface area contributed by atoms with Crippen molar-refractivity contribution >= 4 is 17.8 Å². The second kappa shape index (κ2) is 7.94. The summed E-state index contributed by atoms with van der Waals surface area (Å²) < 4.78 is 5.63. The Morgan fingerprint density at radius 1 is 1.27 bits per heavy atom. The number of hydrogen-bond acceptors (Lipinski definition) is 4. The second-order valence-corrected chi connectivity index (χ2v) is 8.00. The van der Waals surface area contributed by atoms with Crippen LogP contribution in [0.5, 0.6) is 0 Å². The summed E-state index contributed by atoms with van der Waals surface area (Å²) in [7, 11) is 0. The molecule has 3 unspecified atom stereocenters. The third-order valence-corrected chi connectivity index (χ3v) is 6.07. The zero-order valence-corrected chi connectivity index (χ0v) is 16.3. The molecular weight excluding hydrogens is 336 g/mol. The summed E-state index contributed by atoms with van der Waals surface area (Å²) in [5, 5.41) is 12.6. The van der Waals surface area contributed by atoms with Crippen molar-refractivity contribution in [3.05, 3.63) is 0 Å². The smallest absolute Gasteiger partial charge is 0.330 e. The van der Waals surface area contributed by atoms with Gasteiger partial charge in [0.25, 0.3) is 0 Å². The molecule has 7 heteroatoms. The highest BCUT2D eigenvalue weighted by atomic mass is 16.5. The Kier molecular flexibility index (Phi) is 6.32. The summed E-state index contributed by atoms with van der Waals surface area (Å²) in [4.78, 5) is 38.7. The number of rotatable bonds is 7. The maximum Gasteiger partial charge on any atom is 0.330 e. The highest BCUT2D eigenvalue weighted by Gasteiger charge is 2.66. The number of hydrogen-bond donors (Lipinski definition) is 2. The summed E-state index contributed by atoms with van der Waals surface area (Å²) in [5.74, 6) is -1.59. The first-order valence-electron chi connectivity index (χ1n) is 9.64.